The Labute approximate surface area is 194 Å². The third kappa shape index (κ3) is 4.04. The first kappa shape index (κ1) is 22.4. The van der Waals surface area contributed by atoms with Crippen LogP contribution in [-0.4, -0.2) is 17.7 Å². The quantitative estimate of drug-likeness (QED) is 0.284. The van der Waals surface area contributed by atoms with Gasteiger partial charge >= 0.3 is 6.18 Å². The van der Waals surface area contributed by atoms with Crippen LogP contribution in [0.1, 0.15) is 34.6 Å². The van der Waals surface area contributed by atoms with Crippen LogP contribution in [0.5, 0.6) is 0 Å². The number of halogens is 5. The molecular weight excluding hydrogens is 447 g/mol. The van der Waals surface area contributed by atoms with E-state index in [1.54, 1.807) is 17.9 Å². The highest BCUT2D eigenvalue weighted by atomic mass is 19.4. The molecule has 1 atom stereocenters. The van der Waals surface area contributed by atoms with Crippen molar-refractivity contribution in [3.63, 3.8) is 0 Å². The van der Waals surface area contributed by atoms with Crippen molar-refractivity contribution in [1.82, 2.24) is 4.57 Å². The summed E-state index contributed by atoms with van der Waals surface area (Å²) in [6.45, 7) is 3.02. The maximum Gasteiger partial charge on any atom is 0.419 e. The number of alkyl halides is 3. The summed E-state index contributed by atoms with van der Waals surface area (Å²) >= 11 is 0. The van der Waals surface area contributed by atoms with E-state index < -0.39 is 17.6 Å². The Morgan fingerprint density at radius 2 is 1.76 bits per heavy atom. The molecule has 34 heavy (non-hydrogen) atoms. The normalized spacial score (nSPS) is 16.5. The van der Waals surface area contributed by atoms with Gasteiger partial charge in [0, 0.05) is 42.7 Å². The Hall–Kier alpha value is -3.35. The summed E-state index contributed by atoms with van der Waals surface area (Å²) in [5.41, 5.74) is 2.19. The molecule has 0 bridgehead atoms. The third-order valence-corrected chi connectivity index (χ3v) is 6.63. The topological polar surface area (TPSA) is 8.17 Å². The summed E-state index contributed by atoms with van der Waals surface area (Å²) in [6, 6.07) is 16.5. The minimum Gasteiger partial charge on any atom is -0.368 e. The molecule has 0 aliphatic carbocycles. The van der Waals surface area contributed by atoms with Crippen molar-refractivity contribution in [2.45, 2.75) is 32.0 Å². The van der Waals surface area contributed by atoms with E-state index in [-0.39, 0.29) is 17.4 Å². The fourth-order valence-corrected chi connectivity index (χ4v) is 5.05. The lowest BCUT2D eigenvalue weighted by Crippen LogP contribution is -2.23. The number of fused-ring (bicyclic) bond motifs is 1. The van der Waals surface area contributed by atoms with Gasteiger partial charge in [-0.25, -0.2) is 8.78 Å². The maximum atomic E-state index is 14.9. The molecule has 176 valence electrons. The molecule has 5 rings (SSSR count). The number of anilines is 1. The molecule has 7 heteroatoms. The third-order valence-electron chi connectivity index (χ3n) is 6.63. The zero-order valence-corrected chi connectivity index (χ0v) is 18.5. The fraction of sp³-hybridized carbons (Fsp3) is 0.259. The zero-order valence-electron chi connectivity index (χ0n) is 18.5. The Morgan fingerprint density at radius 1 is 0.971 bits per heavy atom. The molecule has 0 saturated carbocycles. The Morgan fingerprint density at radius 3 is 2.53 bits per heavy atom. The number of para-hydroxylation sites is 1. The van der Waals surface area contributed by atoms with E-state index in [0.717, 1.165) is 28.1 Å². The molecule has 1 aliphatic rings. The summed E-state index contributed by atoms with van der Waals surface area (Å²) in [4.78, 5) is 1.73. The van der Waals surface area contributed by atoms with Crippen LogP contribution in [0.15, 0.2) is 66.9 Å². The highest BCUT2D eigenvalue weighted by Crippen LogP contribution is 2.41. The molecule has 1 saturated heterocycles. The van der Waals surface area contributed by atoms with Crippen LogP contribution < -0.4 is 4.90 Å². The van der Waals surface area contributed by atoms with Crippen LogP contribution in [0, 0.1) is 18.6 Å². The van der Waals surface area contributed by atoms with Gasteiger partial charge in [0.1, 0.15) is 5.82 Å². The summed E-state index contributed by atoms with van der Waals surface area (Å²) in [7, 11) is 0. The second kappa shape index (κ2) is 8.46. The van der Waals surface area contributed by atoms with Crippen LogP contribution >= 0.6 is 0 Å². The first-order valence-corrected chi connectivity index (χ1v) is 11.2. The number of aryl methyl sites for hydroxylation is 1. The van der Waals surface area contributed by atoms with Gasteiger partial charge in [-0.15, -0.1) is 0 Å². The lowest BCUT2D eigenvalue weighted by atomic mass is 9.98. The predicted molar refractivity (Wildman–Crippen MR) is 123 cm³/mol. The van der Waals surface area contributed by atoms with Crippen molar-refractivity contribution >= 4 is 16.6 Å². The fourth-order valence-electron chi connectivity index (χ4n) is 5.05. The van der Waals surface area contributed by atoms with E-state index in [9.17, 15) is 22.0 Å². The zero-order chi connectivity index (χ0) is 24.0. The Kier molecular flexibility index (Phi) is 5.58. The second-order valence-corrected chi connectivity index (χ2v) is 8.88. The monoisotopic (exact) mass is 470 g/mol. The predicted octanol–water partition coefficient (Wildman–Crippen LogP) is 7.29. The highest BCUT2D eigenvalue weighted by Gasteiger charge is 2.37. The van der Waals surface area contributed by atoms with Crippen LogP contribution in [-0.2, 0) is 12.7 Å². The summed E-state index contributed by atoms with van der Waals surface area (Å²) in [6.07, 6.45) is -2.00. The van der Waals surface area contributed by atoms with Crippen molar-refractivity contribution in [2.75, 3.05) is 18.0 Å². The lowest BCUT2D eigenvalue weighted by Gasteiger charge is -2.23. The molecule has 4 aromatic rings. The van der Waals surface area contributed by atoms with Gasteiger partial charge in [-0.05, 0) is 54.3 Å². The van der Waals surface area contributed by atoms with E-state index in [0.29, 0.717) is 31.6 Å². The molecule has 1 aliphatic heterocycles. The molecule has 3 aromatic carbocycles. The minimum absolute atomic E-state index is 0.0285. The minimum atomic E-state index is -4.74. The number of hydrogen-bond donors (Lipinski definition) is 0. The molecule has 2 heterocycles. The molecule has 2 nitrogen and oxygen atoms in total. The standard InChI is InChI=1S/C27H23F5N2/c1-17-9-10-23(27(30,31)32)25(29)26(17)33-12-11-19(15-33)22-16-34(24-8-3-2-7-21(22)24)14-18-5-4-6-20(28)13-18/h2-10,13,16,19H,11-12,14-15H2,1H3. The van der Waals surface area contributed by atoms with E-state index in [1.165, 1.54) is 18.2 Å². The van der Waals surface area contributed by atoms with Crippen LogP contribution in [0.2, 0.25) is 0 Å². The first-order valence-electron chi connectivity index (χ1n) is 11.2. The average molecular weight is 470 g/mol. The molecule has 1 unspecified atom stereocenters. The molecule has 0 spiro atoms. The molecule has 1 aromatic heterocycles. The molecule has 0 N–H and O–H groups in total. The van der Waals surface area contributed by atoms with Crippen LogP contribution in [0.3, 0.4) is 0 Å². The average Bonchev–Trinajstić information content (AvgIpc) is 3.38. The maximum absolute atomic E-state index is 14.9. The van der Waals surface area contributed by atoms with Gasteiger partial charge in [0.05, 0.1) is 11.3 Å². The van der Waals surface area contributed by atoms with Crippen molar-refractivity contribution in [3.8, 4) is 0 Å². The SMILES string of the molecule is Cc1ccc(C(F)(F)F)c(F)c1N1CCC(c2cn(Cc3cccc(F)c3)c3ccccc23)C1. The van der Waals surface area contributed by atoms with Crippen molar-refractivity contribution < 1.29 is 22.0 Å². The molecule has 1 fully saturated rings. The van der Waals surface area contributed by atoms with Gasteiger partial charge in [0.2, 0.25) is 0 Å². The van der Waals surface area contributed by atoms with Gasteiger partial charge in [0.15, 0.2) is 5.82 Å². The number of aromatic nitrogens is 1. The number of benzene rings is 3. The molecule has 0 amide bonds. The Balaban J connectivity index is 1.48. The van der Waals surface area contributed by atoms with Crippen LogP contribution in [0.4, 0.5) is 27.6 Å². The van der Waals surface area contributed by atoms with Gasteiger partial charge in [0.25, 0.3) is 0 Å². The highest BCUT2D eigenvalue weighted by molar-refractivity contribution is 5.85. The second-order valence-electron chi connectivity index (χ2n) is 8.88. The van der Waals surface area contributed by atoms with Crippen LogP contribution in [0.25, 0.3) is 10.9 Å². The number of hydrogen-bond acceptors (Lipinski definition) is 1. The summed E-state index contributed by atoms with van der Waals surface area (Å²) in [5, 5.41) is 1.05. The molecule has 0 radical (unpaired) electrons. The Bertz CT molecular complexity index is 1360. The van der Waals surface area contributed by atoms with Gasteiger partial charge in [-0.3, -0.25) is 0 Å². The number of rotatable bonds is 4. The van der Waals surface area contributed by atoms with Gasteiger partial charge < -0.3 is 9.47 Å². The number of nitrogens with zero attached hydrogens (tertiary/aromatic N) is 2. The van der Waals surface area contributed by atoms with E-state index >= 15 is 0 Å². The van der Waals surface area contributed by atoms with Gasteiger partial charge in [-0.1, -0.05) is 36.4 Å². The largest absolute Gasteiger partial charge is 0.419 e. The van der Waals surface area contributed by atoms with Gasteiger partial charge in [-0.2, -0.15) is 13.2 Å². The first-order chi connectivity index (χ1) is 16.2. The van der Waals surface area contributed by atoms with Crippen molar-refractivity contribution in [1.29, 1.82) is 0 Å². The lowest BCUT2D eigenvalue weighted by molar-refractivity contribution is -0.139. The molecular formula is C27H23F5N2. The van der Waals surface area contributed by atoms with E-state index in [1.807, 2.05) is 36.5 Å². The van der Waals surface area contributed by atoms with Crippen molar-refractivity contribution in [2.24, 2.45) is 0 Å². The summed E-state index contributed by atoms with van der Waals surface area (Å²) < 4.78 is 70.6. The smallest absolute Gasteiger partial charge is 0.368 e. The van der Waals surface area contributed by atoms with E-state index in [2.05, 4.69) is 4.57 Å². The van der Waals surface area contributed by atoms with E-state index in [4.69, 9.17) is 0 Å². The van der Waals surface area contributed by atoms with Crippen molar-refractivity contribution in [3.05, 3.63) is 101 Å². The summed E-state index contributed by atoms with van der Waals surface area (Å²) in [5.74, 6) is -1.47.